The van der Waals surface area contributed by atoms with Crippen molar-refractivity contribution >= 4 is 10.9 Å². The van der Waals surface area contributed by atoms with E-state index in [2.05, 4.69) is 5.10 Å². The lowest BCUT2D eigenvalue weighted by atomic mass is 9.99. The molecule has 0 bridgehead atoms. The van der Waals surface area contributed by atoms with E-state index < -0.39 is 6.10 Å². The fraction of sp³-hybridized carbons (Fsp3) is 0.235. The van der Waals surface area contributed by atoms with Gasteiger partial charge in [-0.05, 0) is 36.2 Å². The molecule has 1 N–H and O–H groups in total. The Bertz CT molecular complexity index is 795. The van der Waals surface area contributed by atoms with Crippen LogP contribution in [0.4, 0.5) is 4.39 Å². The molecule has 0 aliphatic heterocycles. The molecule has 3 nitrogen and oxygen atoms in total. The summed E-state index contributed by atoms with van der Waals surface area (Å²) >= 11 is 0. The van der Waals surface area contributed by atoms with Crippen molar-refractivity contribution in [2.75, 3.05) is 0 Å². The molecule has 0 aliphatic rings. The van der Waals surface area contributed by atoms with Gasteiger partial charge in [-0.2, -0.15) is 5.10 Å². The van der Waals surface area contributed by atoms with Crippen LogP contribution in [0.2, 0.25) is 0 Å². The second-order valence-corrected chi connectivity index (χ2v) is 5.31. The number of aromatic nitrogens is 2. The van der Waals surface area contributed by atoms with Gasteiger partial charge in [-0.15, -0.1) is 0 Å². The molecule has 3 rings (SSSR count). The molecule has 21 heavy (non-hydrogen) atoms. The molecule has 0 saturated carbocycles. The largest absolute Gasteiger partial charge is 0.388 e. The van der Waals surface area contributed by atoms with Gasteiger partial charge >= 0.3 is 0 Å². The van der Waals surface area contributed by atoms with Crippen LogP contribution in [0.25, 0.3) is 10.9 Å². The number of aliphatic hydroxyl groups is 1. The third-order valence-corrected chi connectivity index (χ3v) is 3.82. The predicted molar refractivity (Wildman–Crippen MR) is 80.5 cm³/mol. The highest BCUT2D eigenvalue weighted by atomic mass is 19.1. The molecule has 0 radical (unpaired) electrons. The summed E-state index contributed by atoms with van der Waals surface area (Å²) in [6.45, 7) is 1.87. The number of benzene rings is 2. The van der Waals surface area contributed by atoms with E-state index in [0.717, 1.165) is 22.2 Å². The molecule has 0 fully saturated rings. The van der Waals surface area contributed by atoms with Crippen LogP contribution in [0.5, 0.6) is 0 Å². The van der Waals surface area contributed by atoms with Crippen molar-refractivity contribution in [2.24, 2.45) is 7.05 Å². The molecule has 0 aliphatic carbocycles. The molecular formula is C17H17FN2O. The molecule has 4 heteroatoms. The van der Waals surface area contributed by atoms with Gasteiger partial charge in [0.15, 0.2) is 0 Å². The molecule has 1 atom stereocenters. The topological polar surface area (TPSA) is 38.1 Å². The number of aliphatic hydroxyl groups excluding tert-OH is 1. The van der Waals surface area contributed by atoms with Gasteiger partial charge in [0, 0.05) is 18.9 Å². The SMILES string of the molecule is Cc1ccc(F)cc1C(O)Cc1nn(C)c2ccccc12. The number of hydrogen-bond donors (Lipinski definition) is 1. The van der Waals surface area contributed by atoms with Gasteiger partial charge in [0.1, 0.15) is 5.82 Å². The minimum absolute atomic E-state index is 0.333. The molecule has 1 aromatic heterocycles. The number of halogens is 1. The lowest BCUT2D eigenvalue weighted by molar-refractivity contribution is 0.176. The molecule has 3 aromatic rings. The lowest BCUT2D eigenvalue weighted by Crippen LogP contribution is -2.05. The molecule has 0 spiro atoms. The number of para-hydroxylation sites is 1. The molecule has 1 heterocycles. The Morgan fingerprint density at radius 1 is 1.24 bits per heavy atom. The van der Waals surface area contributed by atoms with Crippen LogP contribution in [0.1, 0.15) is 22.9 Å². The second kappa shape index (κ2) is 5.30. The summed E-state index contributed by atoms with van der Waals surface area (Å²) in [5, 5.41) is 15.9. The number of nitrogens with zero attached hydrogens (tertiary/aromatic N) is 2. The highest BCUT2D eigenvalue weighted by Crippen LogP contribution is 2.26. The first-order chi connectivity index (χ1) is 10.1. The van der Waals surface area contributed by atoms with Crippen LogP contribution >= 0.6 is 0 Å². The fourth-order valence-corrected chi connectivity index (χ4v) is 2.70. The molecule has 1 unspecified atom stereocenters. The van der Waals surface area contributed by atoms with Gasteiger partial charge in [0.2, 0.25) is 0 Å². The Labute approximate surface area is 122 Å². The first-order valence-corrected chi connectivity index (χ1v) is 6.91. The maximum absolute atomic E-state index is 13.4. The number of aryl methyl sites for hydroxylation is 2. The van der Waals surface area contributed by atoms with Crippen LogP contribution in [0, 0.1) is 12.7 Å². The monoisotopic (exact) mass is 284 g/mol. The molecular weight excluding hydrogens is 267 g/mol. The van der Waals surface area contributed by atoms with E-state index in [1.165, 1.54) is 12.1 Å². The summed E-state index contributed by atoms with van der Waals surface area (Å²) < 4.78 is 15.2. The smallest absolute Gasteiger partial charge is 0.123 e. The van der Waals surface area contributed by atoms with Crippen LogP contribution in [-0.2, 0) is 13.5 Å². The quantitative estimate of drug-likeness (QED) is 0.801. The van der Waals surface area contributed by atoms with Gasteiger partial charge in [0.25, 0.3) is 0 Å². The third-order valence-electron chi connectivity index (χ3n) is 3.82. The van der Waals surface area contributed by atoms with Crippen molar-refractivity contribution in [3.8, 4) is 0 Å². The highest BCUT2D eigenvalue weighted by molar-refractivity contribution is 5.81. The zero-order valence-electron chi connectivity index (χ0n) is 12.0. The minimum Gasteiger partial charge on any atom is -0.388 e. The van der Waals surface area contributed by atoms with E-state index in [-0.39, 0.29) is 5.82 Å². The Morgan fingerprint density at radius 2 is 2.00 bits per heavy atom. The van der Waals surface area contributed by atoms with Crippen molar-refractivity contribution in [1.82, 2.24) is 9.78 Å². The fourth-order valence-electron chi connectivity index (χ4n) is 2.70. The normalized spacial score (nSPS) is 12.8. The van der Waals surface area contributed by atoms with E-state index in [0.29, 0.717) is 12.0 Å². The van der Waals surface area contributed by atoms with Gasteiger partial charge < -0.3 is 5.11 Å². The standard InChI is InChI=1S/C17H17FN2O/c1-11-7-8-12(18)9-14(11)17(21)10-15-13-5-3-4-6-16(13)20(2)19-15/h3-9,17,21H,10H2,1-2H3. The van der Waals surface area contributed by atoms with Gasteiger partial charge in [-0.1, -0.05) is 24.3 Å². The van der Waals surface area contributed by atoms with Crippen LogP contribution in [-0.4, -0.2) is 14.9 Å². The van der Waals surface area contributed by atoms with E-state index in [4.69, 9.17) is 0 Å². The highest BCUT2D eigenvalue weighted by Gasteiger charge is 2.16. The maximum Gasteiger partial charge on any atom is 0.123 e. The van der Waals surface area contributed by atoms with Crippen molar-refractivity contribution in [3.63, 3.8) is 0 Å². The minimum atomic E-state index is -0.765. The van der Waals surface area contributed by atoms with Crippen molar-refractivity contribution in [1.29, 1.82) is 0 Å². The third kappa shape index (κ3) is 2.54. The molecule has 0 amide bonds. The van der Waals surface area contributed by atoms with E-state index in [1.807, 2.05) is 38.2 Å². The van der Waals surface area contributed by atoms with Crippen LogP contribution in [0.3, 0.4) is 0 Å². The summed E-state index contributed by atoms with van der Waals surface area (Å²) in [7, 11) is 1.88. The molecule has 2 aromatic carbocycles. The predicted octanol–water partition coefficient (Wildman–Crippen LogP) is 3.30. The van der Waals surface area contributed by atoms with Gasteiger partial charge in [0.05, 0.1) is 17.3 Å². The average Bonchev–Trinajstić information content (AvgIpc) is 2.78. The first kappa shape index (κ1) is 13.8. The summed E-state index contributed by atoms with van der Waals surface area (Å²) in [5.41, 5.74) is 3.34. The van der Waals surface area contributed by atoms with Crippen LogP contribution < -0.4 is 0 Å². The zero-order chi connectivity index (χ0) is 15.0. The van der Waals surface area contributed by atoms with Crippen molar-refractivity contribution in [3.05, 3.63) is 65.1 Å². The Balaban J connectivity index is 1.96. The second-order valence-electron chi connectivity index (χ2n) is 5.31. The average molecular weight is 284 g/mol. The lowest BCUT2D eigenvalue weighted by Gasteiger charge is -2.13. The van der Waals surface area contributed by atoms with Crippen molar-refractivity contribution in [2.45, 2.75) is 19.4 Å². The maximum atomic E-state index is 13.4. The first-order valence-electron chi connectivity index (χ1n) is 6.91. The summed E-state index contributed by atoms with van der Waals surface area (Å²) in [5.74, 6) is -0.333. The van der Waals surface area contributed by atoms with E-state index >= 15 is 0 Å². The summed E-state index contributed by atoms with van der Waals surface area (Å²) in [4.78, 5) is 0. The Kier molecular flexibility index (Phi) is 3.47. The summed E-state index contributed by atoms with van der Waals surface area (Å²) in [6, 6.07) is 12.4. The Morgan fingerprint density at radius 3 is 2.81 bits per heavy atom. The van der Waals surface area contributed by atoms with E-state index in [1.54, 1.807) is 10.7 Å². The van der Waals surface area contributed by atoms with Gasteiger partial charge in [-0.25, -0.2) is 4.39 Å². The number of rotatable bonds is 3. The zero-order valence-corrected chi connectivity index (χ0v) is 12.0. The van der Waals surface area contributed by atoms with Crippen LogP contribution in [0.15, 0.2) is 42.5 Å². The Hall–Kier alpha value is -2.20. The van der Waals surface area contributed by atoms with Crippen molar-refractivity contribution < 1.29 is 9.50 Å². The molecule has 0 saturated heterocycles. The van der Waals surface area contributed by atoms with Gasteiger partial charge in [-0.3, -0.25) is 4.68 Å². The van der Waals surface area contributed by atoms with E-state index in [9.17, 15) is 9.50 Å². The number of hydrogen-bond acceptors (Lipinski definition) is 2. The molecule has 108 valence electrons. The number of fused-ring (bicyclic) bond motifs is 1. The summed E-state index contributed by atoms with van der Waals surface area (Å²) in [6.07, 6.45) is -0.398.